The van der Waals surface area contributed by atoms with Gasteiger partial charge in [-0.1, -0.05) is 12.1 Å². The lowest BCUT2D eigenvalue weighted by Crippen LogP contribution is -2.40. The molecule has 2 rings (SSSR count). The van der Waals surface area contributed by atoms with Crippen LogP contribution in [0.5, 0.6) is 5.75 Å². The van der Waals surface area contributed by atoms with Crippen LogP contribution >= 0.6 is 0 Å². The first kappa shape index (κ1) is 15.3. The summed E-state index contributed by atoms with van der Waals surface area (Å²) in [5.41, 5.74) is 3.00. The van der Waals surface area contributed by atoms with Crippen LogP contribution in [-0.4, -0.2) is 43.7 Å². The highest BCUT2D eigenvalue weighted by atomic mass is 16.5. The van der Waals surface area contributed by atoms with E-state index in [9.17, 15) is 0 Å². The Kier molecular flexibility index (Phi) is 5.06. The third-order valence-electron chi connectivity index (χ3n) is 3.68. The average molecular weight is 276 g/mol. The number of nitrogens with one attached hydrogen (secondary N) is 1. The molecular formula is C17H28N2O. The summed E-state index contributed by atoms with van der Waals surface area (Å²) in [4.78, 5) is 2.39. The molecular weight excluding hydrogens is 248 g/mol. The van der Waals surface area contributed by atoms with E-state index in [1.807, 2.05) is 0 Å². The van der Waals surface area contributed by atoms with Crippen molar-refractivity contribution < 1.29 is 4.74 Å². The first-order chi connectivity index (χ1) is 9.44. The Morgan fingerprint density at radius 1 is 1.25 bits per heavy atom. The van der Waals surface area contributed by atoms with Gasteiger partial charge in [0, 0.05) is 31.6 Å². The molecule has 0 atom stereocenters. The van der Waals surface area contributed by atoms with E-state index < -0.39 is 0 Å². The van der Waals surface area contributed by atoms with E-state index in [1.54, 1.807) is 0 Å². The molecule has 0 spiro atoms. The SMILES string of the molecule is CN(CCNC(C)(C)C)CCc1ccc2c(c1)CCO2. The Labute approximate surface area is 123 Å². The molecule has 1 aliphatic heterocycles. The minimum atomic E-state index is 0.209. The highest BCUT2D eigenvalue weighted by Crippen LogP contribution is 2.25. The molecule has 0 bridgehead atoms. The van der Waals surface area contributed by atoms with E-state index in [2.05, 4.69) is 56.2 Å². The zero-order valence-electron chi connectivity index (χ0n) is 13.3. The Balaban J connectivity index is 1.72. The van der Waals surface area contributed by atoms with Crippen molar-refractivity contribution in [3.05, 3.63) is 29.3 Å². The van der Waals surface area contributed by atoms with Crippen molar-refractivity contribution in [1.82, 2.24) is 10.2 Å². The van der Waals surface area contributed by atoms with Gasteiger partial charge in [0.25, 0.3) is 0 Å². The molecule has 0 amide bonds. The summed E-state index contributed by atoms with van der Waals surface area (Å²) in [5.74, 6) is 1.08. The predicted octanol–water partition coefficient (Wildman–Crippen LogP) is 2.48. The van der Waals surface area contributed by atoms with E-state index in [-0.39, 0.29) is 5.54 Å². The maximum Gasteiger partial charge on any atom is 0.122 e. The molecule has 1 aromatic rings. The fourth-order valence-corrected chi connectivity index (χ4v) is 2.45. The molecule has 0 radical (unpaired) electrons. The van der Waals surface area contributed by atoms with E-state index in [1.165, 1.54) is 11.1 Å². The number of likely N-dealkylation sites (N-methyl/N-ethyl adjacent to an activating group) is 1. The molecule has 0 saturated carbocycles. The zero-order chi connectivity index (χ0) is 14.6. The lowest BCUT2D eigenvalue weighted by atomic mass is 10.1. The second kappa shape index (κ2) is 6.59. The molecule has 0 saturated heterocycles. The molecule has 20 heavy (non-hydrogen) atoms. The minimum absolute atomic E-state index is 0.209. The van der Waals surface area contributed by atoms with Gasteiger partial charge in [-0.15, -0.1) is 0 Å². The highest BCUT2D eigenvalue weighted by molar-refractivity contribution is 5.39. The van der Waals surface area contributed by atoms with Gasteiger partial charge in [-0.25, -0.2) is 0 Å². The number of ether oxygens (including phenoxy) is 1. The average Bonchev–Trinajstić information content (AvgIpc) is 2.82. The summed E-state index contributed by atoms with van der Waals surface area (Å²) in [6.07, 6.45) is 2.17. The Morgan fingerprint density at radius 3 is 2.80 bits per heavy atom. The van der Waals surface area contributed by atoms with E-state index >= 15 is 0 Å². The minimum Gasteiger partial charge on any atom is -0.493 e. The van der Waals surface area contributed by atoms with Crippen LogP contribution in [0.15, 0.2) is 18.2 Å². The van der Waals surface area contributed by atoms with Crippen molar-refractivity contribution in [2.45, 2.75) is 39.2 Å². The maximum absolute atomic E-state index is 5.55. The first-order valence-electron chi connectivity index (χ1n) is 7.62. The molecule has 1 heterocycles. The number of hydrogen-bond donors (Lipinski definition) is 1. The molecule has 0 unspecified atom stereocenters. The second-order valence-corrected chi connectivity index (χ2v) is 6.77. The summed E-state index contributed by atoms with van der Waals surface area (Å²) in [5, 5.41) is 3.53. The van der Waals surface area contributed by atoms with Crippen LogP contribution in [-0.2, 0) is 12.8 Å². The largest absolute Gasteiger partial charge is 0.493 e. The van der Waals surface area contributed by atoms with Crippen LogP contribution in [0.1, 0.15) is 31.9 Å². The van der Waals surface area contributed by atoms with Crippen LogP contribution in [0.25, 0.3) is 0 Å². The highest BCUT2D eigenvalue weighted by Gasteiger charge is 2.12. The van der Waals surface area contributed by atoms with Crippen LogP contribution in [0.4, 0.5) is 0 Å². The molecule has 112 valence electrons. The Hall–Kier alpha value is -1.06. The van der Waals surface area contributed by atoms with Crippen molar-refractivity contribution in [3.8, 4) is 5.75 Å². The second-order valence-electron chi connectivity index (χ2n) is 6.77. The molecule has 1 aliphatic rings. The van der Waals surface area contributed by atoms with E-state index in [0.717, 1.165) is 44.8 Å². The molecule has 0 fully saturated rings. The standard InChI is InChI=1S/C17H28N2O/c1-17(2,3)18-9-11-19(4)10-7-14-5-6-16-15(13-14)8-12-20-16/h5-6,13,18H,7-12H2,1-4H3. The number of hydrogen-bond acceptors (Lipinski definition) is 3. The summed E-state index contributed by atoms with van der Waals surface area (Å²) in [6, 6.07) is 6.63. The number of benzene rings is 1. The number of fused-ring (bicyclic) bond motifs is 1. The van der Waals surface area contributed by atoms with Gasteiger partial charge in [-0.3, -0.25) is 0 Å². The van der Waals surface area contributed by atoms with Crippen LogP contribution in [0.3, 0.4) is 0 Å². The normalized spacial score (nSPS) is 14.4. The van der Waals surface area contributed by atoms with Gasteiger partial charge >= 0.3 is 0 Å². The molecule has 1 aromatic carbocycles. The topological polar surface area (TPSA) is 24.5 Å². The van der Waals surface area contributed by atoms with Gasteiger partial charge in [0.15, 0.2) is 0 Å². The molecule has 0 aliphatic carbocycles. The van der Waals surface area contributed by atoms with Gasteiger partial charge in [0.05, 0.1) is 6.61 Å². The fraction of sp³-hybridized carbons (Fsp3) is 0.647. The molecule has 1 N–H and O–H groups in total. The fourth-order valence-electron chi connectivity index (χ4n) is 2.45. The van der Waals surface area contributed by atoms with Gasteiger partial charge in [-0.2, -0.15) is 0 Å². The first-order valence-corrected chi connectivity index (χ1v) is 7.62. The third kappa shape index (κ3) is 4.80. The number of rotatable bonds is 6. The van der Waals surface area contributed by atoms with Crippen molar-refractivity contribution in [2.75, 3.05) is 33.3 Å². The van der Waals surface area contributed by atoms with E-state index in [0.29, 0.717) is 0 Å². The van der Waals surface area contributed by atoms with Crippen molar-refractivity contribution in [1.29, 1.82) is 0 Å². The van der Waals surface area contributed by atoms with Crippen molar-refractivity contribution in [3.63, 3.8) is 0 Å². The molecule has 3 heteroatoms. The van der Waals surface area contributed by atoms with Gasteiger partial charge < -0.3 is 15.0 Å². The van der Waals surface area contributed by atoms with Gasteiger partial charge in [-0.05, 0) is 51.4 Å². The monoisotopic (exact) mass is 276 g/mol. The smallest absolute Gasteiger partial charge is 0.122 e. The lowest BCUT2D eigenvalue weighted by Gasteiger charge is -2.23. The van der Waals surface area contributed by atoms with E-state index in [4.69, 9.17) is 4.74 Å². The summed E-state index contributed by atoms with van der Waals surface area (Å²) in [6.45, 7) is 10.7. The Morgan fingerprint density at radius 2 is 2.05 bits per heavy atom. The molecule has 0 aromatic heterocycles. The summed E-state index contributed by atoms with van der Waals surface area (Å²) < 4.78 is 5.55. The lowest BCUT2D eigenvalue weighted by molar-refractivity contribution is 0.312. The van der Waals surface area contributed by atoms with Gasteiger partial charge in [0.1, 0.15) is 5.75 Å². The maximum atomic E-state index is 5.55. The van der Waals surface area contributed by atoms with Crippen LogP contribution in [0.2, 0.25) is 0 Å². The number of nitrogens with zero attached hydrogens (tertiary/aromatic N) is 1. The quantitative estimate of drug-likeness (QED) is 0.864. The van der Waals surface area contributed by atoms with Gasteiger partial charge in [0.2, 0.25) is 0 Å². The van der Waals surface area contributed by atoms with Crippen molar-refractivity contribution >= 4 is 0 Å². The van der Waals surface area contributed by atoms with Crippen LogP contribution < -0.4 is 10.1 Å². The molecule has 3 nitrogen and oxygen atoms in total. The summed E-state index contributed by atoms with van der Waals surface area (Å²) >= 11 is 0. The predicted molar refractivity (Wildman–Crippen MR) is 84.6 cm³/mol. The zero-order valence-corrected chi connectivity index (χ0v) is 13.3. The van der Waals surface area contributed by atoms with Crippen molar-refractivity contribution in [2.24, 2.45) is 0 Å². The van der Waals surface area contributed by atoms with Crippen LogP contribution in [0, 0.1) is 0 Å². The Bertz CT molecular complexity index is 437. The summed E-state index contributed by atoms with van der Waals surface area (Å²) in [7, 11) is 2.20. The third-order valence-corrected chi connectivity index (χ3v) is 3.68.